The van der Waals surface area contributed by atoms with Crippen molar-refractivity contribution in [2.75, 3.05) is 0 Å². The van der Waals surface area contributed by atoms with Crippen LogP contribution in [0, 0.1) is 35.4 Å². The van der Waals surface area contributed by atoms with Crippen molar-refractivity contribution in [3.63, 3.8) is 0 Å². The van der Waals surface area contributed by atoms with Gasteiger partial charge in [-0.15, -0.1) is 0 Å². The second-order valence-corrected chi connectivity index (χ2v) is 7.17. The van der Waals surface area contributed by atoms with Gasteiger partial charge >= 0.3 is 0 Å². The average Bonchev–Trinajstić information content (AvgIpc) is 2.43. The normalized spacial score (nSPS) is 40.0. The van der Waals surface area contributed by atoms with Crippen molar-refractivity contribution in [3.05, 3.63) is 35.6 Å². The van der Waals surface area contributed by atoms with Crippen molar-refractivity contribution in [1.29, 1.82) is 0 Å². The summed E-state index contributed by atoms with van der Waals surface area (Å²) < 4.78 is 14.1. The maximum absolute atomic E-state index is 14.1. The Morgan fingerprint density at radius 3 is 2.15 bits per heavy atom. The van der Waals surface area contributed by atoms with Gasteiger partial charge in [0.1, 0.15) is 5.82 Å². The molecule has 0 spiro atoms. The summed E-state index contributed by atoms with van der Waals surface area (Å²) in [5, 5.41) is 0. The Morgan fingerprint density at radius 2 is 1.60 bits per heavy atom. The molecule has 5 rings (SSSR count). The molecule has 2 nitrogen and oxygen atoms in total. The molecular formula is C17H23FN2. The Kier molecular flexibility index (Phi) is 3.08. The molecule has 1 aromatic carbocycles. The minimum absolute atomic E-state index is 0.0220. The summed E-state index contributed by atoms with van der Waals surface area (Å²) in [7, 11) is 0. The fraction of sp³-hybridized carbons (Fsp3) is 0.647. The minimum Gasteiger partial charge on any atom is -0.271 e. The standard InChI is InChI=1S/C17H23FN2/c18-15-4-2-1-3-14(15)17(20-19)16-12-6-10-5-11(8-12)9-13(16)7-10/h1-4,10-13,16-17,20H,5-9,19H2. The average molecular weight is 274 g/mol. The molecule has 4 bridgehead atoms. The number of nitrogens with two attached hydrogens (primary N) is 1. The number of hydrogen-bond acceptors (Lipinski definition) is 2. The van der Waals surface area contributed by atoms with Crippen LogP contribution in [-0.2, 0) is 0 Å². The zero-order chi connectivity index (χ0) is 13.7. The lowest BCUT2D eigenvalue weighted by Gasteiger charge is -2.56. The van der Waals surface area contributed by atoms with E-state index in [0.717, 1.165) is 29.2 Å². The smallest absolute Gasteiger partial charge is 0.128 e. The van der Waals surface area contributed by atoms with E-state index in [-0.39, 0.29) is 11.9 Å². The molecule has 4 saturated carbocycles. The number of halogens is 1. The van der Waals surface area contributed by atoms with E-state index in [0.29, 0.717) is 5.92 Å². The van der Waals surface area contributed by atoms with Gasteiger partial charge in [-0.3, -0.25) is 11.3 Å². The Balaban J connectivity index is 1.67. The van der Waals surface area contributed by atoms with Gasteiger partial charge in [0.2, 0.25) is 0 Å². The van der Waals surface area contributed by atoms with Gasteiger partial charge in [0, 0.05) is 5.56 Å². The third kappa shape index (κ3) is 1.91. The molecule has 4 aliphatic carbocycles. The fourth-order valence-corrected chi connectivity index (χ4v) is 5.65. The predicted octanol–water partition coefficient (Wildman–Crippen LogP) is 3.40. The molecular weight excluding hydrogens is 251 g/mol. The van der Waals surface area contributed by atoms with E-state index >= 15 is 0 Å². The number of hydrogen-bond donors (Lipinski definition) is 2. The Labute approximate surface area is 119 Å². The largest absolute Gasteiger partial charge is 0.271 e. The van der Waals surface area contributed by atoms with Crippen LogP contribution in [0.2, 0.25) is 0 Å². The van der Waals surface area contributed by atoms with Crippen LogP contribution in [0.3, 0.4) is 0 Å². The number of rotatable bonds is 3. The molecule has 3 heteroatoms. The highest BCUT2D eigenvalue weighted by Crippen LogP contribution is 2.59. The molecule has 4 aliphatic rings. The molecule has 4 fully saturated rings. The highest BCUT2D eigenvalue weighted by Gasteiger charge is 2.50. The van der Waals surface area contributed by atoms with Gasteiger partial charge < -0.3 is 0 Å². The van der Waals surface area contributed by atoms with Crippen LogP contribution in [0.15, 0.2) is 24.3 Å². The molecule has 1 atom stereocenters. The van der Waals surface area contributed by atoms with Crippen LogP contribution < -0.4 is 11.3 Å². The van der Waals surface area contributed by atoms with Gasteiger partial charge in [-0.25, -0.2) is 4.39 Å². The molecule has 0 saturated heterocycles. The van der Waals surface area contributed by atoms with Crippen molar-refractivity contribution in [1.82, 2.24) is 5.43 Å². The SMILES string of the molecule is NNC(c1ccccc1F)C1C2CC3CC(C2)CC1C3. The molecule has 1 unspecified atom stereocenters. The first kappa shape index (κ1) is 12.8. The van der Waals surface area contributed by atoms with Crippen LogP contribution in [-0.4, -0.2) is 0 Å². The van der Waals surface area contributed by atoms with Gasteiger partial charge in [-0.1, -0.05) is 18.2 Å². The van der Waals surface area contributed by atoms with Crippen LogP contribution in [0.5, 0.6) is 0 Å². The highest BCUT2D eigenvalue weighted by molar-refractivity contribution is 5.23. The van der Waals surface area contributed by atoms with Crippen molar-refractivity contribution in [2.45, 2.75) is 38.1 Å². The lowest BCUT2D eigenvalue weighted by molar-refractivity contribution is -0.0530. The Hall–Kier alpha value is -0.930. The molecule has 0 radical (unpaired) electrons. The van der Waals surface area contributed by atoms with Crippen molar-refractivity contribution < 1.29 is 4.39 Å². The maximum Gasteiger partial charge on any atom is 0.128 e. The molecule has 1 aromatic rings. The molecule has 0 heterocycles. The van der Waals surface area contributed by atoms with E-state index in [4.69, 9.17) is 5.84 Å². The fourth-order valence-electron chi connectivity index (χ4n) is 5.65. The van der Waals surface area contributed by atoms with Crippen molar-refractivity contribution in [2.24, 2.45) is 35.4 Å². The number of hydrazine groups is 1. The van der Waals surface area contributed by atoms with Gasteiger partial charge in [-0.2, -0.15) is 0 Å². The summed E-state index contributed by atoms with van der Waals surface area (Å²) in [6.07, 6.45) is 6.79. The first-order valence-electron chi connectivity index (χ1n) is 7.96. The lowest BCUT2D eigenvalue weighted by atomic mass is 9.50. The summed E-state index contributed by atoms with van der Waals surface area (Å²) in [4.78, 5) is 0. The molecule has 20 heavy (non-hydrogen) atoms. The van der Waals surface area contributed by atoms with E-state index in [2.05, 4.69) is 5.43 Å². The first-order chi connectivity index (χ1) is 9.76. The topological polar surface area (TPSA) is 38.0 Å². The zero-order valence-corrected chi connectivity index (χ0v) is 11.8. The molecule has 0 amide bonds. The zero-order valence-electron chi connectivity index (χ0n) is 11.8. The van der Waals surface area contributed by atoms with Crippen molar-refractivity contribution >= 4 is 0 Å². The maximum atomic E-state index is 14.1. The van der Waals surface area contributed by atoms with Gasteiger partial charge in [0.15, 0.2) is 0 Å². The van der Waals surface area contributed by atoms with Crippen molar-refractivity contribution in [3.8, 4) is 0 Å². The van der Waals surface area contributed by atoms with Crippen LogP contribution >= 0.6 is 0 Å². The molecule has 0 aromatic heterocycles. The second-order valence-electron chi connectivity index (χ2n) is 7.17. The molecule has 3 N–H and O–H groups in total. The van der Waals surface area contributed by atoms with E-state index in [1.54, 1.807) is 12.1 Å². The van der Waals surface area contributed by atoms with E-state index in [1.807, 2.05) is 12.1 Å². The highest BCUT2D eigenvalue weighted by atomic mass is 19.1. The summed E-state index contributed by atoms with van der Waals surface area (Å²) in [5.74, 6) is 9.59. The third-order valence-corrected chi connectivity index (χ3v) is 6.10. The van der Waals surface area contributed by atoms with Gasteiger partial charge in [0.25, 0.3) is 0 Å². The van der Waals surface area contributed by atoms with Crippen LogP contribution in [0.4, 0.5) is 4.39 Å². The number of nitrogens with one attached hydrogen (secondary N) is 1. The predicted molar refractivity (Wildman–Crippen MR) is 77.0 cm³/mol. The second kappa shape index (κ2) is 4.81. The summed E-state index contributed by atoms with van der Waals surface area (Å²) in [5.41, 5.74) is 3.70. The summed E-state index contributed by atoms with van der Waals surface area (Å²) in [6.45, 7) is 0. The molecule has 108 valence electrons. The summed E-state index contributed by atoms with van der Waals surface area (Å²) >= 11 is 0. The van der Waals surface area contributed by atoms with E-state index < -0.39 is 0 Å². The molecule has 0 aliphatic heterocycles. The van der Waals surface area contributed by atoms with Crippen LogP contribution in [0.25, 0.3) is 0 Å². The minimum atomic E-state index is -0.121. The van der Waals surface area contributed by atoms with E-state index in [1.165, 1.54) is 32.1 Å². The monoisotopic (exact) mass is 274 g/mol. The Morgan fingerprint density at radius 1 is 1.00 bits per heavy atom. The summed E-state index contributed by atoms with van der Waals surface area (Å²) in [6, 6.07) is 7.09. The third-order valence-electron chi connectivity index (χ3n) is 6.10. The lowest BCUT2D eigenvalue weighted by Crippen LogP contribution is -2.50. The first-order valence-corrected chi connectivity index (χ1v) is 7.96. The van der Waals surface area contributed by atoms with Gasteiger partial charge in [0.05, 0.1) is 6.04 Å². The Bertz CT molecular complexity index is 474. The van der Waals surface area contributed by atoms with E-state index in [9.17, 15) is 4.39 Å². The van der Waals surface area contributed by atoms with Crippen LogP contribution in [0.1, 0.15) is 43.7 Å². The quantitative estimate of drug-likeness (QED) is 0.655. The van der Waals surface area contributed by atoms with Gasteiger partial charge in [-0.05, 0) is 67.8 Å². The number of benzene rings is 1.